The van der Waals surface area contributed by atoms with Crippen LogP contribution < -0.4 is 10.1 Å². The first-order valence-corrected chi connectivity index (χ1v) is 11.0. The molecule has 2 aromatic rings. The van der Waals surface area contributed by atoms with Gasteiger partial charge in [0.15, 0.2) is 0 Å². The number of likely N-dealkylation sites (tertiary alicyclic amines) is 1. The maximum absolute atomic E-state index is 12.5. The summed E-state index contributed by atoms with van der Waals surface area (Å²) in [7, 11) is 0. The largest absolute Gasteiger partial charge is 0.493 e. The fraction of sp³-hybridized carbons (Fsp3) is 0.500. The van der Waals surface area contributed by atoms with Gasteiger partial charge in [0.2, 0.25) is 0 Å². The Morgan fingerprint density at radius 2 is 1.93 bits per heavy atom. The van der Waals surface area contributed by atoms with Crippen LogP contribution in [0.2, 0.25) is 0 Å². The summed E-state index contributed by atoms with van der Waals surface area (Å²) in [6.45, 7) is 3.60. The van der Waals surface area contributed by atoms with E-state index in [-0.39, 0.29) is 11.6 Å². The zero-order chi connectivity index (χ0) is 20.7. The normalized spacial score (nSPS) is 20.7. The summed E-state index contributed by atoms with van der Waals surface area (Å²) in [5.74, 6) is 1.49. The number of nitrogens with one attached hydrogen (secondary N) is 1. The van der Waals surface area contributed by atoms with Crippen molar-refractivity contribution in [3.8, 4) is 5.75 Å². The average Bonchev–Trinajstić information content (AvgIpc) is 2.80. The van der Waals surface area contributed by atoms with Crippen LogP contribution >= 0.6 is 0 Å². The van der Waals surface area contributed by atoms with E-state index in [2.05, 4.69) is 10.3 Å². The quantitative estimate of drug-likeness (QED) is 0.783. The molecule has 2 saturated heterocycles. The van der Waals surface area contributed by atoms with Crippen LogP contribution in [-0.4, -0.2) is 47.8 Å². The fourth-order valence-electron chi connectivity index (χ4n) is 4.50. The number of hydrogen-bond donors (Lipinski definition) is 1. The Hall–Kier alpha value is -2.60. The van der Waals surface area contributed by atoms with Crippen molar-refractivity contribution in [3.05, 3.63) is 60.4 Å². The third kappa shape index (κ3) is 5.51. The minimum Gasteiger partial charge on any atom is -0.493 e. The molecule has 0 aliphatic carbocycles. The molecule has 3 heterocycles. The average molecular weight is 410 g/mol. The van der Waals surface area contributed by atoms with Crippen molar-refractivity contribution >= 4 is 6.03 Å². The van der Waals surface area contributed by atoms with Gasteiger partial charge in [-0.1, -0.05) is 30.3 Å². The van der Waals surface area contributed by atoms with Gasteiger partial charge in [-0.15, -0.1) is 0 Å². The van der Waals surface area contributed by atoms with Gasteiger partial charge in [-0.05, 0) is 55.7 Å². The summed E-state index contributed by atoms with van der Waals surface area (Å²) in [6.07, 6.45) is 8.51. The van der Waals surface area contributed by atoms with Gasteiger partial charge in [-0.2, -0.15) is 0 Å². The minimum atomic E-state index is -0.0736. The molecule has 2 amide bonds. The highest BCUT2D eigenvalue weighted by molar-refractivity contribution is 5.74. The van der Waals surface area contributed by atoms with Gasteiger partial charge >= 0.3 is 6.03 Å². The second kappa shape index (κ2) is 9.94. The Balaban J connectivity index is 1.20. The molecule has 6 heteroatoms. The highest BCUT2D eigenvalue weighted by atomic mass is 16.5. The summed E-state index contributed by atoms with van der Waals surface area (Å²) in [5, 5.41) is 3.04. The Morgan fingerprint density at radius 3 is 2.70 bits per heavy atom. The molecule has 1 unspecified atom stereocenters. The van der Waals surface area contributed by atoms with Gasteiger partial charge < -0.3 is 19.7 Å². The van der Waals surface area contributed by atoms with Crippen LogP contribution in [-0.2, 0) is 11.3 Å². The number of benzene rings is 1. The Bertz CT molecular complexity index is 792. The van der Waals surface area contributed by atoms with Crippen LogP contribution in [0.4, 0.5) is 4.79 Å². The first-order chi connectivity index (χ1) is 14.7. The summed E-state index contributed by atoms with van der Waals surface area (Å²) in [6, 6.07) is 13.8. The molecule has 2 aliphatic heterocycles. The molecular weight excluding hydrogens is 378 g/mol. The molecule has 30 heavy (non-hydrogen) atoms. The Morgan fingerprint density at radius 1 is 1.17 bits per heavy atom. The second-order valence-electron chi connectivity index (χ2n) is 8.34. The minimum absolute atomic E-state index is 0.0202. The van der Waals surface area contributed by atoms with Gasteiger partial charge in [-0.25, -0.2) is 4.79 Å². The van der Waals surface area contributed by atoms with E-state index in [9.17, 15) is 4.79 Å². The lowest BCUT2D eigenvalue weighted by molar-refractivity contribution is -0.124. The predicted octanol–water partition coefficient (Wildman–Crippen LogP) is 4.02. The van der Waals surface area contributed by atoms with E-state index in [1.54, 1.807) is 12.4 Å². The number of nitrogens with zero attached hydrogens (tertiary/aromatic N) is 2. The second-order valence-corrected chi connectivity index (χ2v) is 8.34. The molecule has 1 aromatic carbocycles. The van der Waals surface area contributed by atoms with Crippen LogP contribution in [0, 0.1) is 5.92 Å². The van der Waals surface area contributed by atoms with Crippen LogP contribution in [0.25, 0.3) is 0 Å². The molecule has 1 atom stereocenters. The highest BCUT2D eigenvalue weighted by Gasteiger charge is 2.41. The molecule has 0 radical (unpaired) electrons. The predicted molar refractivity (Wildman–Crippen MR) is 115 cm³/mol. The first kappa shape index (κ1) is 20.7. The van der Waals surface area contributed by atoms with Crippen molar-refractivity contribution in [2.24, 2.45) is 5.92 Å². The zero-order valence-corrected chi connectivity index (χ0v) is 17.5. The van der Waals surface area contributed by atoms with Crippen LogP contribution in [0.1, 0.15) is 37.7 Å². The summed E-state index contributed by atoms with van der Waals surface area (Å²) in [4.78, 5) is 18.5. The van der Waals surface area contributed by atoms with Gasteiger partial charge in [0.25, 0.3) is 0 Å². The number of amides is 2. The number of hydrogen-bond acceptors (Lipinski definition) is 4. The van der Waals surface area contributed by atoms with E-state index >= 15 is 0 Å². The Kier molecular flexibility index (Phi) is 6.84. The Labute approximate surface area is 178 Å². The first-order valence-electron chi connectivity index (χ1n) is 11.0. The number of carbonyl (C=O) groups is 1. The van der Waals surface area contributed by atoms with E-state index in [0.29, 0.717) is 12.5 Å². The molecule has 160 valence electrons. The third-order valence-electron chi connectivity index (χ3n) is 6.29. The zero-order valence-electron chi connectivity index (χ0n) is 17.5. The number of pyridine rings is 1. The molecule has 1 spiro atoms. The van der Waals surface area contributed by atoms with Crippen molar-refractivity contribution in [2.45, 2.75) is 44.2 Å². The lowest BCUT2D eigenvalue weighted by atomic mass is 9.78. The molecular formula is C24H31N3O3. The van der Waals surface area contributed by atoms with Gasteiger partial charge in [0.05, 0.1) is 12.2 Å². The monoisotopic (exact) mass is 409 g/mol. The van der Waals surface area contributed by atoms with E-state index < -0.39 is 0 Å². The highest BCUT2D eigenvalue weighted by Crippen LogP contribution is 2.38. The van der Waals surface area contributed by atoms with Gasteiger partial charge in [0.1, 0.15) is 5.75 Å². The smallest absolute Gasteiger partial charge is 0.317 e. The number of ether oxygens (including phenoxy) is 2. The van der Waals surface area contributed by atoms with Crippen molar-refractivity contribution < 1.29 is 14.3 Å². The molecule has 2 aliphatic rings. The standard InChI is InChI=1S/C24H31N3O3/c28-23(26-19-21-4-2-1-3-5-21)27-14-10-24(11-15-27)18-20(9-17-30-24)8-16-29-22-6-12-25-13-7-22/h1-7,12-13,20H,8-11,14-19H2,(H,26,28). The molecule has 4 rings (SSSR count). The van der Waals surface area contributed by atoms with Gasteiger partial charge in [-0.3, -0.25) is 4.98 Å². The third-order valence-corrected chi connectivity index (χ3v) is 6.29. The molecule has 0 saturated carbocycles. The van der Waals surface area contributed by atoms with E-state index in [1.165, 1.54) is 0 Å². The van der Waals surface area contributed by atoms with Crippen LogP contribution in [0.15, 0.2) is 54.9 Å². The van der Waals surface area contributed by atoms with E-state index in [0.717, 1.165) is 69.7 Å². The van der Waals surface area contributed by atoms with Crippen molar-refractivity contribution in [2.75, 3.05) is 26.3 Å². The molecule has 1 aromatic heterocycles. The molecule has 1 N–H and O–H groups in total. The summed E-state index contributed by atoms with van der Waals surface area (Å²) < 4.78 is 12.1. The number of piperidine rings is 1. The van der Waals surface area contributed by atoms with Gasteiger partial charge in [0, 0.05) is 38.6 Å². The number of aromatic nitrogens is 1. The lowest BCUT2D eigenvalue weighted by Crippen LogP contribution is -2.52. The SMILES string of the molecule is O=C(NCc1ccccc1)N1CCC2(CC1)CC(CCOc1ccncc1)CCO2. The lowest BCUT2D eigenvalue weighted by Gasteiger charge is -2.46. The molecule has 2 fully saturated rings. The topological polar surface area (TPSA) is 63.7 Å². The summed E-state index contributed by atoms with van der Waals surface area (Å²) in [5.41, 5.74) is 1.04. The maximum atomic E-state index is 12.5. The molecule has 0 bridgehead atoms. The fourth-order valence-corrected chi connectivity index (χ4v) is 4.50. The van der Waals surface area contributed by atoms with E-state index in [1.807, 2.05) is 47.4 Å². The van der Waals surface area contributed by atoms with Crippen molar-refractivity contribution in [1.29, 1.82) is 0 Å². The number of rotatable bonds is 6. The number of urea groups is 1. The summed E-state index contributed by atoms with van der Waals surface area (Å²) >= 11 is 0. The maximum Gasteiger partial charge on any atom is 0.317 e. The van der Waals surface area contributed by atoms with Crippen molar-refractivity contribution in [3.63, 3.8) is 0 Å². The van der Waals surface area contributed by atoms with E-state index in [4.69, 9.17) is 9.47 Å². The van der Waals surface area contributed by atoms with Crippen LogP contribution in [0.3, 0.4) is 0 Å². The van der Waals surface area contributed by atoms with Crippen molar-refractivity contribution in [1.82, 2.24) is 15.2 Å². The number of carbonyl (C=O) groups excluding carboxylic acids is 1. The van der Waals surface area contributed by atoms with Crippen LogP contribution in [0.5, 0.6) is 5.75 Å². The molecule has 6 nitrogen and oxygen atoms in total.